The van der Waals surface area contributed by atoms with Gasteiger partial charge in [0.2, 0.25) is 0 Å². The average molecular weight is 329 g/mol. The fourth-order valence-electron chi connectivity index (χ4n) is 3.04. The van der Waals surface area contributed by atoms with E-state index in [4.69, 9.17) is 0 Å². The largest absolute Gasteiger partial charge is 0.366 e. The van der Waals surface area contributed by atoms with Crippen molar-refractivity contribution >= 4 is 11.6 Å². The Kier molecular flexibility index (Phi) is 5.25. The SMILES string of the molecule is CN(C)c1cc(NC2CCCN(Cc3ccc(F)cc3)C2)ncn1. The third kappa shape index (κ3) is 4.41. The van der Waals surface area contributed by atoms with Gasteiger partial charge in [-0.25, -0.2) is 14.4 Å². The van der Waals surface area contributed by atoms with E-state index in [1.54, 1.807) is 6.33 Å². The van der Waals surface area contributed by atoms with Gasteiger partial charge in [-0.15, -0.1) is 0 Å². The number of nitrogens with one attached hydrogen (secondary N) is 1. The summed E-state index contributed by atoms with van der Waals surface area (Å²) in [7, 11) is 3.94. The molecule has 5 nitrogen and oxygen atoms in total. The van der Waals surface area contributed by atoms with E-state index in [0.29, 0.717) is 6.04 Å². The van der Waals surface area contributed by atoms with Crippen LogP contribution in [0.2, 0.25) is 0 Å². The molecule has 0 saturated carbocycles. The molecule has 1 aliphatic rings. The molecule has 1 aromatic carbocycles. The second-order valence-electron chi connectivity index (χ2n) is 6.50. The van der Waals surface area contributed by atoms with E-state index in [2.05, 4.69) is 20.2 Å². The monoisotopic (exact) mass is 329 g/mol. The second-order valence-corrected chi connectivity index (χ2v) is 6.50. The zero-order chi connectivity index (χ0) is 16.9. The van der Waals surface area contributed by atoms with Gasteiger partial charge in [0.25, 0.3) is 0 Å². The number of rotatable bonds is 5. The summed E-state index contributed by atoms with van der Waals surface area (Å²) in [6.07, 6.45) is 3.86. The van der Waals surface area contributed by atoms with E-state index in [-0.39, 0.29) is 5.82 Å². The maximum atomic E-state index is 13.0. The first-order valence-corrected chi connectivity index (χ1v) is 8.33. The molecule has 1 aliphatic heterocycles. The Hall–Kier alpha value is -2.21. The molecule has 0 amide bonds. The predicted octanol–water partition coefficient (Wildman–Crippen LogP) is 2.76. The Morgan fingerprint density at radius 1 is 1.25 bits per heavy atom. The van der Waals surface area contributed by atoms with Crippen LogP contribution in [0, 0.1) is 5.82 Å². The molecule has 1 unspecified atom stereocenters. The highest BCUT2D eigenvalue weighted by Gasteiger charge is 2.20. The highest BCUT2D eigenvalue weighted by Crippen LogP contribution is 2.18. The predicted molar refractivity (Wildman–Crippen MR) is 94.7 cm³/mol. The van der Waals surface area contributed by atoms with Crippen LogP contribution in [-0.4, -0.2) is 48.1 Å². The average Bonchev–Trinajstić information content (AvgIpc) is 2.57. The van der Waals surface area contributed by atoms with Gasteiger partial charge in [0.1, 0.15) is 23.8 Å². The Morgan fingerprint density at radius 2 is 2.04 bits per heavy atom. The van der Waals surface area contributed by atoms with Crippen LogP contribution in [0.15, 0.2) is 36.7 Å². The van der Waals surface area contributed by atoms with Gasteiger partial charge in [0, 0.05) is 39.3 Å². The number of likely N-dealkylation sites (tertiary alicyclic amines) is 1. The summed E-state index contributed by atoms with van der Waals surface area (Å²) in [6.45, 7) is 2.88. The molecular formula is C18H24FN5. The smallest absolute Gasteiger partial charge is 0.133 e. The van der Waals surface area contributed by atoms with Crippen molar-refractivity contribution in [2.75, 3.05) is 37.4 Å². The lowest BCUT2D eigenvalue weighted by molar-refractivity contribution is 0.208. The van der Waals surface area contributed by atoms with Crippen molar-refractivity contribution in [3.63, 3.8) is 0 Å². The van der Waals surface area contributed by atoms with Crippen molar-refractivity contribution in [1.29, 1.82) is 0 Å². The first-order valence-electron chi connectivity index (χ1n) is 8.33. The number of piperidine rings is 1. The maximum Gasteiger partial charge on any atom is 0.133 e. The molecule has 1 aromatic heterocycles. The van der Waals surface area contributed by atoms with Crippen LogP contribution in [-0.2, 0) is 6.54 Å². The Bertz CT molecular complexity index is 659. The van der Waals surface area contributed by atoms with Gasteiger partial charge in [-0.3, -0.25) is 4.90 Å². The number of aromatic nitrogens is 2. The van der Waals surface area contributed by atoms with E-state index in [0.717, 1.165) is 49.7 Å². The maximum absolute atomic E-state index is 13.0. The fraction of sp³-hybridized carbons (Fsp3) is 0.444. The summed E-state index contributed by atoms with van der Waals surface area (Å²) in [4.78, 5) is 12.9. The number of benzene rings is 1. The number of hydrogen-bond acceptors (Lipinski definition) is 5. The highest BCUT2D eigenvalue weighted by molar-refractivity contribution is 5.47. The van der Waals surface area contributed by atoms with Crippen molar-refractivity contribution in [2.24, 2.45) is 0 Å². The van der Waals surface area contributed by atoms with Crippen LogP contribution in [0.25, 0.3) is 0 Å². The van der Waals surface area contributed by atoms with E-state index in [1.165, 1.54) is 12.1 Å². The lowest BCUT2D eigenvalue weighted by Gasteiger charge is -2.33. The molecule has 2 heterocycles. The zero-order valence-corrected chi connectivity index (χ0v) is 14.2. The molecule has 1 atom stereocenters. The van der Waals surface area contributed by atoms with Crippen LogP contribution < -0.4 is 10.2 Å². The summed E-state index contributed by atoms with van der Waals surface area (Å²) < 4.78 is 13.0. The minimum Gasteiger partial charge on any atom is -0.366 e. The van der Waals surface area contributed by atoms with Gasteiger partial charge in [-0.05, 0) is 37.1 Å². The number of nitrogens with zero attached hydrogens (tertiary/aromatic N) is 4. The summed E-state index contributed by atoms with van der Waals surface area (Å²) in [5, 5.41) is 3.52. The van der Waals surface area contributed by atoms with Crippen LogP contribution in [0.5, 0.6) is 0 Å². The fourth-order valence-corrected chi connectivity index (χ4v) is 3.04. The Labute approximate surface area is 142 Å². The summed E-state index contributed by atoms with van der Waals surface area (Å²) in [5.74, 6) is 1.58. The molecule has 0 bridgehead atoms. The zero-order valence-electron chi connectivity index (χ0n) is 14.2. The van der Waals surface area contributed by atoms with E-state index < -0.39 is 0 Å². The van der Waals surface area contributed by atoms with Crippen molar-refractivity contribution in [2.45, 2.75) is 25.4 Å². The Morgan fingerprint density at radius 3 is 2.79 bits per heavy atom. The molecular weight excluding hydrogens is 305 g/mol. The minimum atomic E-state index is -0.183. The minimum absolute atomic E-state index is 0.183. The first kappa shape index (κ1) is 16.6. The van der Waals surface area contributed by atoms with Crippen LogP contribution in [0.3, 0.4) is 0 Å². The van der Waals surface area contributed by atoms with Crippen LogP contribution >= 0.6 is 0 Å². The first-order chi connectivity index (χ1) is 11.6. The second kappa shape index (κ2) is 7.57. The standard InChI is InChI=1S/C18H24FN5/c1-23(2)18-10-17(20-13-21-18)22-16-4-3-9-24(12-16)11-14-5-7-15(19)8-6-14/h5-8,10,13,16H,3-4,9,11-12H2,1-2H3,(H,20,21,22). The molecule has 3 rings (SSSR count). The molecule has 128 valence electrons. The van der Waals surface area contributed by atoms with Crippen molar-refractivity contribution in [3.05, 3.63) is 48.0 Å². The normalized spacial score (nSPS) is 18.4. The quantitative estimate of drug-likeness (QED) is 0.914. The summed E-state index contributed by atoms with van der Waals surface area (Å²) in [6, 6.07) is 9.11. The van der Waals surface area contributed by atoms with Crippen LogP contribution in [0.4, 0.5) is 16.0 Å². The van der Waals surface area contributed by atoms with Gasteiger partial charge in [0.15, 0.2) is 0 Å². The number of hydrogen-bond donors (Lipinski definition) is 1. The third-order valence-corrected chi connectivity index (χ3v) is 4.29. The number of halogens is 1. The molecule has 0 radical (unpaired) electrons. The van der Waals surface area contributed by atoms with Gasteiger partial charge in [-0.1, -0.05) is 12.1 Å². The Balaban J connectivity index is 1.59. The van der Waals surface area contributed by atoms with E-state index >= 15 is 0 Å². The van der Waals surface area contributed by atoms with E-state index in [1.807, 2.05) is 37.2 Å². The van der Waals surface area contributed by atoms with E-state index in [9.17, 15) is 4.39 Å². The van der Waals surface area contributed by atoms with Gasteiger partial charge in [0.05, 0.1) is 0 Å². The summed E-state index contributed by atoms with van der Waals surface area (Å²) >= 11 is 0. The van der Waals surface area contributed by atoms with Gasteiger partial charge < -0.3 is 10.2 Å². The lowest BCUT2D eigenvalue weighted by atomic mass is 10.0. The lowest BCUT2D eigenvalue weighted by Crippen LogP contribution is -2.41. The molecule has 0 spiro atoms. The summed E-state index contributed by atoms with van der Waals surface area (Å²) in [5.41, 5.74) is 1.15. The van der Waals surface area contributed by atoms with Gasteiger partial charge >= 0.3 is 0 Å². The molecule has 2 aromatic rings. The van der Waals surface area contributed by atoms with Crippen molar-refractivity contribution in [1.82, 2.24) is 14.9 Å². The van der Waals surface area contributed by atoms with Crippen molar-refractivity contribution < 1.29 is 4.39 Å². The van der Waals surface area contributed by atoms with Crippen LogP contribution in [0.1, 0.15) is 18.4 Å². The highest BCUT2D eigenvalue weighted by atomic mass is 19.1. The molecule has 24 heavy (non-hydrogen) atoms. The molecule has 1 saturated heterocycles. The van der Waals surface area contributed by atoms with Gasteiger partial charge in [-0.2, -0.15) is 0 Å². The topological polar surface area (TPSA) is 44.3 Å². The molecule has 6 heteroatoms. The molecule has 0 aliphatic carbocycles. The molecule has 1 fully saturated rings. The number of anilines is 2. The van der Waals surface area contributed by atoms with Crippen molar-refractivity contribution in [3.8, 4) is 0 Å². The molecule has 1 N–H and O–H groups in total. The third-order valence-electron chi connectivity index (χ3n) is 4.29.